The smallest absolute Gasteiger partial charge is 0.126 e. The second-order valence-electron chi connectivity index (χ2n) is 5.10. The van der Waals surface area contributed by atoms with Crippen LogP contribution in [-0.2, 0) is 0 Å². The van der Waals surface area contributed by atoms with Crippen LogP contribution < -0.4 is 5.32 Å². The SMILES string of the molecule is Fc1cc(Cl)c(NC2CCN(C3CC3)C2)c(Cl)c1. The van der Waals surface area contributed by atoms with Crippen molar-refractivity contribution in [2.24, 2.45) is 0 Å². The Morgan fingerprint density at radius 3 is 2.44 bits per heavy atom. The summed E-state index contributed by atoms with van der Waals surface area (Å²) in [5.74, 6) is -0.401. The molecule has 1 saturated carbocycles. The summed E-state index contributed by atoms with van der Waals surface area (Å²) in [5, 5.41) is 4.05. The average Bonchev–Trinajstić information content (AvgIpc) is 3.04. The summed E-state index contributed by atoms with van der Waals surface area (Å²) in [5.41, 5.74) is 0.655. The van der Waals surface area contributed by atoms with E-state index in [0.29, 0.717) is 21.8 Å². The zero-order valence-electron chi connectivity index (χ0n) is 9.93. The van der Waals surface area contributed by atoms with E-state index in [1.165, 1.54) is 25.0 Å². The van der Waals surface area contributed by atoms with Gasteiger partial charge in [0.15, 0.2) is 0 Å². The predicted octanol–water partition coefficient (Wildman–Crippen LogP) is 3.78. The van der Waals surface area contributed by atoms with Crippen molar-refractivity contribution in [2.45, 2.75) is 31.3 Å². The fraction of sp³-hybridized carbons (Fsp3) is 0.538. The number of nitrogens with zero attached hydrogens (tertiary/aromatic N) is 1. The first-order chi connectivity index (χ1) is 8.63. The fourth-order valence-corrected chi connectivity index (χ4v) is 3.13. The van der Waals surface area contributed by atoms with Crippen LogP contribution in [0.4, 0.5) is 10.1 Å². The first kappa shape index (κ1) is 12.5. The summed E-state index contributed by atoms with van der Waals surface area (Å²) in [6.07, 6.45) is 3.73. The molecule has 2 nitrogen and oxygen atoms in total. The van der Waals surface area contributed by atoms with Crippen molar-refractivity contribution in [3.05, 3.63) is 28.0 Å². The van der Waals surface area contributed by atoms with E-state index in [2.05, 4.69) is 10.2 Å². The number of benzene rings is 1. The number of rotatable bonds is 3. The normalized spacial score (nSPS) is 24.5. The van der Waals surface area contributed by atoms with Crippen LogP contribution in [0.15, 0.2) is 12.1 Å². The first-order valence-electron chi connectivity index (χ1n) is 6.28. The molecule has 5 heteroatoms. The largest absolute Gasteiger partial charge is 0.379 e. The lowest BCUT2D eigenvalue weighted by molar-refractivity contribution is 0.326. The number of anilines is 1. The first-order valence-corrected chi connectivity index (χ1v) is 7.04. The van der Waals surface area contributed by atoms with E-state index in [1.807, 2.05) is 0 Å². The van der Waals surface area contributed by atoms with Gasteiger partial charge < -0.3 is 5.32 Å². The van der Waals surface area contributed by atoms with Crippen LogP contribution in [0.25, 0.3) is 0 Å². The molecule has 1 saturated heterocycles. The van der Waals surface area contributed by atoms with Crippen LogP contribution in [0.2, 0.25) is 10.0 Å². The van der Waals surface area contributed by atoms with Crippen molar-refractivity contribution in [3.8, 4) is 0 Å². The Morgan fingerprint density at radius 2 is 1.83 bits per heavy atom. The molecule has 1 aliphatic heterocycles. The molecule has 2 fully saturated rings. The highest BCUT2D eigenvalue weighted by atomic mass is 35.5. The molecule has 0 bridgehead atoms. The predicted molar refractivity (Wildman–Crippen MR) is 73.0 cm³/mol. The lowest BCUT2D eigenvalue weighted by Gasteiger charge is -2.18. The molecule has 1 aromatic rings. The number of hydrogen-bond donors (Lipinski definition) is 1. The molecule has 2 aliphatic rings. The maximum absolute atomic E-state index is 13.1. The number of likely N-dealkylation sites (tertiary alicyclic amines) is 1. The summed E-state index contributed by atoms with van der Waals surface area (Å²) in [7, 11) is 0. The standard InChI is InChI=1S/C13H15Cl2FN2/c14-11-5-8(16)6-12(15)13(11)17-9-3-4-18(7-9)10-1-2-10/h5-6,9-10,17H,1-4,7H2. The minimum Gasteiger partial charge on any atom is -0.379 e. The molecule has 0 amide bonds. The van der Waals surface area contributed by atoms with Gasteiger partial charge >= 0.3 is 0 Å². The average molecular weight is 289 g/mol. The van der Waals surface area contributed by atoms with Crippen molar-refractivity contribution < 1.29 is 4.39 Å². The van der Waals surface area contributed by atoms with Crippen LogP contribution in [-0.4, -0.2) is 30.1 Å². The van der Waals surface area contributed by atoms with Gasteiger partial charge in [0, 0.05) is 25.2 Å². The van der Waals surface area contributed by atoms with Gasteiger partial charge in [-0.3, -0.25) is 4.90 Å². The van der Waals surface area contributed by atoms with Crippen LogP contribution in [0.1, 0.15) is 19.3 Å². The molecule has 98 valence electrons. The van der Waals surface area contributed by atoms with Crippen molar-refractivity contribution in [1.29, 1.82) is 0 Å². The third-order valence-corrected chi connectivity index (χ3v) is 4.23. The summed E-state index contributed by atoms with van der Waals surface area (Å²) < 4.78 is 13.1. The maximum Gasteiger partial charge on any atom is 0.126 e. The van der Waals surface area contributed by atoms with Crippen molar-refractivity contribution >= 4 is 28.9 Å². The van der Waals surface area contributed by atoms with Gasteiger partial charge in [0.2, 0.25) is 0 Å². The maximum atomic E-state index is 13.1. The van der Waals surface area contributed by atoms with Crippen LogP contribution in [0.3, 0.4) is 0 Å². The number of hydrogen-bond acceptors (Lipinski definition) is 2. The molecule has 0 aromatic heterocycles. The highest BCUT2D eigenvalue weighted by Gasteiger charge is 2.34. The quantitative estimate of drug-likeness (QED) is 0.911. The van der Waals surface area contributed by atoms with E-state index in [1.54, 1.807) is 0 Å². The Kier molecular flexibility index (Phi) is 3.39. The van der Waals surface area contributed by atoms with Crippen LogP contribution in [0.5, 0.6) is 0 Å². The Labute approximate surface area is 116 Å². The van der Waals surface area contributed by atoms with Crippen LogP contribution in [0, 0.1) is 5.82 Å². The lowest BCUT2D eigenvalue weighted by Crippen LogP contribution is -2.27. The third-order valence-electron chi connectivity index (χ3n) is 3.64. The summed E-state index contributed by atoms with van der Waals surface area (Å²) in [4.78, 5) is 2.50. The Hall–Kier alpha value is -0.510. The number of nitrogens with one attached hydrogen (secondary N) is 1. The van der Waals surface area contributed by atoms with Crippen molar-refractivity contribution in [1.82, 2.24) is 4.90 Å². The highest BCUT2D eigenvalue weighted by Crippen LogP contribution is 2.34. The van der Waals surface area contributed by atoms with Gasteiger partial charge in [0.05, 0.1) is 15.7 Å². The monoisotopic (exact) mass is 288 g/mol. The summed E-state index contributed by atoms with van der Waals surface area (Å²) in [6, 6.07) is 3.73. The molecule has 1 unspecified atom stereocenters. The van der Waals surface area contributed by atoms with Gasteiger partial charge in [-0.15, -0.1) is 0 Å². The molecular weight excluding hydrogens is 274 g/mol. The van der Waals surface area contributed by atoms with E-state index in [-0.39, 0.29) is 0 Å². The molecule has 0 radical (unpaired) electrons. The van der Waals surface area contributed by atoms with E-state index >= 15 is 0 Å². The fourth-order valence-electron chi connectivity index (χ4n) is 2.56. The number of halogens is 3. The Morgan fingerprint density at radius 1 is 1.17 bits per heavy atom. The second-order valence-corrected chi connectivity index (χ2v) is 5.91. The zero-order valence-corrected chi connectivity index (χ0v) is 11.4. The van der Waals surface area contributed by atoms with Gasteiger partial charge in [-0.1, -0.05) is 23.2 Å². The summed E-state index contributed by atoms with van der Waals surface area (Å²) in [6.45, 7) is 2.15. The molecule has 1 aromatic carbocycles. The van der Waals surface area contributed by atoms with Gasteiger partial charge in [0.1, 0.15) is 5.82 Å². The minimum absolute atomic E-state index is 0.352. The van der Waals surface area contributed by atoms with Crippen molar-refractivity contribution in [2.75, 3.05) is 18.4 Å². The topological polar surface area (TPSA) is 15.3 Å². The molecule has 18 heavy (non-hydrogen) atoms. The molecular formula is C13H15Cl2FN2. The summed E-state index contributed by atoms with van der Waals surface area (Å²) >= 11 is 12.0. The van der Waals surface area contributed by atoms with E-state index in [0.717, 1.165) is 25.6 Å². The van der Waals surface area contributed by atoms with Gasteiger partial charge in [-0.05, 0) is 31.4 Å². The van der Waals surface area contributed by atoms with E-state index < -0.39 is 5.82 Å². The highest BCUT2D eigenvalue weighted by molar-refractivity contribution is 6.39. The minimum atomic E-state index is -0.401. The Bertz CT molecular complexity index is 439. The van der Waals surface area contributed by atoms with Crippen LogP contribution >= 0.6 is 23.2 Å². The Balaban J connectivity index is 1.69. The van der Waals surface area contributed by atoms with Crippen molar-refractivity contribution in [3.63, 3.8) is 0 Å². The molecule has 3 rings (SSSR count). The van der Waals surface area contributed by atoms with Gasteiger partial charge in [-0.25, -0.2) is 4.39 Å². The molecule has 1 N–H and O–H groups in total. The molecule has 1 heterocycles. The van der Waals surface area contributed by atoms with Gasteiger partial charge in [-0.2, -0.15) is 0 Å². The second kappa shape index (κ2) is 4.87. The van der Waals surface area contributed by atoms with Gasteiger partial charge in [0.25, 0.3) is 0 Å². The van der Waals surface area contributed by atoms with E-state index in [4.69, 9.17) is 23.2 Å². The molecule has 1 aliphatic carbocycles. The zero-order chi connectivity index (χ0) is 12.7. The van der Waals surface area contributed by atoms with E-state index in [9.17, 15) is 4.39 Å². The third kappa shape index (κ3) is 2.58. The molecule has 0 spiro atoms. The lowest BCUT2D eigenvalue weighted by atomic mass is 10.2. The molecule has 1 atom stereocenters.